The van der Waals surface area contributed by atoms with Crippen LogP contribution in [-0.2, 0) is 20.1 Å². The molecule has 0 unspecified atom stereocenters. The molecule has 7 aromatic rings. The summed E-state index contributed by atoms with van der Waals surface area (Å²) in [4.78, 5) is 6.56. The van der Waals surface area contributed by atoms with Gasteiger partial charge in [0.2, 0.25) is 0 Å². The second-order valence-electron chi connectivity index (χ2n) is 8.70. The molecule has 0 aliphatic heterocycles. The van der Waals surface area contributed by atoms with Crippen molar-refractivity contribution in [2.24, 2.45) is 4.99 Å². The number of hydrogen-bond acceptors (Lipinski definition) is 6. The van der Waals surface area contributed by atoms with Crippen LogP contribution in [0, 0.1) is 23.8 Å². The molecule has 0 aliphatic carbocycles. The standard InChI is InChI=1S/2C12H7FN3.C8H9NO.Ir/c2*13-9-4-3-5-10(8-9)16-14-11-6-1-2-7-12(11)15-16;1-9-6-7-4-2-3-5-8(7)10;/h2*1-2,4-8H;2-6,10H,1H3;/q2*-1;;+3/p-1. The summed E-state index contributed by atoms with van der Waals surface area (Å²) in [5, 5.41) is 27.9. The molecule has 5 aromatic carbocycles. The van der Waals surface area contributed by atoms with E-state index < -0.39 is 0 Å². The first-order chi connectivity index (χ1) is 20.5. The van der Waals surface area contributed by atoms with Gasteiger partial charge < -0.3 is 5.11 Å². The number of rotatable bonds is 3. The Bertz CT molecular complexity index is 1790. The third-order valence-electron chi connectivity index (χ3n) is 5.70. The number of nitrogens with zero attached hydrogens (tertiary/aromatic N) is 7. The van der Waals surface area contributed by atoms with Crippen molar-refractivity contribution >= 4 is 28.3 Å². The van der Waals surface area contributed by atoms with Crippen LogP contribution in [-0.4, -0.2) is 43.3 Å². The number of benzene rings is 5. The average Bonchev–Trinajstić information content (AvgIpc) is 3.64. The molecular formula is C32H22F2IrN7O. The predicted octanol–water partition coefficient (Wildman–Crippen LogP) is 5.53. The number of halogens is 2. The molecule has 2 aromatic heterocycles. The summed E-state index contributed by atoms with van der Waals surface area (Å²) < 4.78 is 26.0. The Morgan fingerprint density at radius 2 is 1.05 bits per heavy atom. The quantitative estimate of drug-likeness (QED) is 0.175. The van der Waals surface area contributed by atoms with Crippen molar-refractivity contribution in [1.29, 1.82) is 0 Å². The van der Waals surface area contributed by atoms with E-state index in [9.17, 15) is 13.9 Å². The van der Waals surface area contributed by atoms with Gasteiger partial charge in [0.15, 0.2) is 0 Å². The zero-order chi connectivity index (χ0) is 29.3. The van der Waals surface area contributed by atoms with Crippen molar-refractivity contribution in [3.63, 3.8) is 0 Å². The van der Waals surface area contributed by atoms with Crippen molar-refractivity contribution in [1.82, 2.24) is 30.0 Å². The van der Waals surface area contributed by atoms with Gasteiger partial charge in [-0.3, -0.25) is 13.8 Å². The van der Waals surface area contributed by atoms with Gasteiger partial charge in [0.05, 0.1) is 0 Å². The van der Waals surface area contributed by atoms with Gasteiger partial charge in [0.25, 0.3) is 0 Å². The number of aromatic nitrogens is 6. The molecule has 0 saturated carbocycles. The molecule has 0 saturated heterocycles. The summed E-state index contributed by atoms with van der Waals surface area (Å²) in [7, 11) is 1.65. The van der Waals surface area contributed by atoms with E-state index in [0.717, 1.165) is 22.1 Å². The van der Waals surface area contributed by atoms with Crippen LogP contribution in [0.4, 0.5) is 8.78 Å². The van der Waals surface area contributed by atoms with Crippen molar-refractivity contribution in [3.8, 4) is 17.1 Å². The zero-order valence-corrected chi connectivity index (χ0v) is 25.0. The Morgan fingerprint density at radius 1 is 0.651 bits per heavy atom. The van der Waals surface area contributed by atoms with Gasteiger partial charge in [-0.05, 0) is 41.2 Å². The zero-order valence-electron chi connectivity index (χ0n) is 22.6. The van der Waals surface area contributed by atoms with Crippen LogP contribution in [0.5, 0.6) is 5.75 Å². The largest absolute Gasteiger partial charge is 3.00 e. The summed E-state index contributed by atoms with van der Waals surface area (Å²) >= 11 is 0. The van der Waals surface area contributed by atoms with E-state index in [4.69, 9.17) is 0 Å². The summed E-state index contributed by atoms with van der Waals surface area (Å²) in [6.07, 6.45) is 1.56. The normalized spacial score (nSPS) is 10.5. The molecule has 214 valence electrons. The van der Waals surface area contributed by atoms with Crippen molar-refractivity contribution < 1.29 is 34.0 Å². The summed E-state index contributed by atoms with van der Waals surface area (Å²) in [6, 6.07) is 35.8. The van der Waals surface area contributed by atoms with Crippen LogP contribution in [0.1, 0.15) is 5.56 Å². The van der Waals surface area contributed by atoms with Crippen LogP contribution in [0.2, 0.25) is 0 Å². The van der Waals surface area contributed by atoms with Crippen molar-refractivity contribution in [3.05, 3.63) is 139 Å². The maximum absolute atomic E-state index is 13.0. The fraction of sp³-hybridized carbons (Fsp3) is 0.0312. The molecule has 0 spiro atoms. The van der Waals surface area contributed by atoms with Crippen LogP contribution in [0.3, 0.4) is 0 Å². The van der Waals surface area contributed by atoms with Gasteiger partial charge in [-0.25, -0.2) is 9.59 Å². The molecule has 0 amide bonds. The number of hydrogen-bond donors (Lipinski definition) is 0. The topological polar surface area (TPSA) is 96.8 Å². The second kappa shape index (κ2) is 14.7. The monoisotopic (exact) mass is 751 g/mol. The van der Waals surface area contributed by atoms with Crippen molar-refractivity contribution in [2.75, 3.05) is 7.05 Å². The van der Waals surface area contributed by atoms with E-state index in [2.05, 4.69) is 37.5 Å². The average molecular weight is 751 g/mol. The second-order valence-corrected chi connectivity index (χ2v) is 8.70. The molecule has 0 fully saturated rings. The summed E-state index contributed by atoms with van der Waals surface area (Å²) in [5.74, 6) is -0.675. The van der Waals surface area contributed by atoms with E-state index in [1.54, 1.807) is 37.5 Å². The Labute approximate surface area is 259 Å². The molecule has 8 nitrogen and oxygen atoms in total. The van der Waals surface area contributed by atoms with Gasteiger partial charge in [-0.2, -0.15) is 32.5 Å². The molecule has 0 atom stereocenters. The minimum absolute atomic E-state index is 0. The molecule has 11 heteroatoms. The summed E-state index contributed by atoms with van der Waals surface area (Å²) in [5.41, 5.74) is 4.91. The Morgan fingerprint density at radius 3 is 1.42 bits per heavy atom. The molecule has 0 N–H and O–H groups in total. The van der Waals surface area contributed by atoms with Crippen LogP contribution in [0.25, 0.3) is 33.4 Å². The molecule has 2 heterocycles. The first kappa shape index (κ1) is 30.8. The summed E-state index contributed by atoms with van der Waals surface area (Å²) in [6.45, 7) is 0. The van der Waals surface area contributed by atoms with E-state index in [-0.39, 0.29) is 37.5 Å². The van der Waals surface area contributed by atoms with Crippen LogP contribution in [0.15, 0.2) is 114 Å². The van der Waals surface area contributed by atoms with Crippen LogP contribution >= 0.6 is 0 Å². The molecule has 0 bridgehead atoms. The maximum Gasteiger partial charge on any atom is 3.00 e. The van der Waals surface area contributed by atoms with E-state index in [1.165, 1.54) is 39.9 Å². The first-order valence-electron chi connectivity index (χ1n) is 12.7. The smallest absolute Gasteiger partial charge is 0.872 e. The third kappa shape index (κ3) is 8.00. The van der Waals surface area contributed by atoms with Gasteiger partial charge in [0, 0.05) is 24.9 Å². The van der Waals surface area contributed by atoms with E-state index in [0.29, 0.717) is 16.9 Å². The van der Waals surface area contributed by atoms with Crippen LogP contribution < -0.4 is 5.11 Å². The first-order valence-corrected chi connectivity index (χ1v) is 12.7. The number of para-hydroxylation sites is 1. The Hall–Kier alpha value is -5.12. The Kier molecular flexibility index (Phi) is 10.5. The van der Waals surface area contributed by atoms with Gasteiger partial charge >= 0.3 is 20.1 Å². The fourth-order valence-electron chi connectivity index (χ4n) is 3.77. The molecular weight excluding hydrogens is 729 g/mol. The third-order valence-corrected chi connectivity index (χ3v) is 5.70. The minimum Gasteiger partial charge on any atom is -0.872 e. The molecule has 0 radical (unpaired) electrons. The Balaban J connectivity index is 0.000000151. The SMILES string of the molecule is CN=Cc1ccccc1[O-].Fc1c[c-]cc(-n2nc3ccccc3n2)c1.Fc1c[c-]cc(-n2nc3ccccc3n2)c1.[Ir+3]. The molecule has 7 rings (SSSR count). The maximum atomic E-state index is 13.0. The number of fused-ring (bicyclic) bond motifs is 2. The molecule has 43 heavy (non-hydrogen) atoms. The van der Waals surface area contributed by atoms with Gasteiger partial charge in [0.1, 0.15) is 22.1 Å². The van der Waals surface area contributed by atoms with E-state index in [1.807, 2.05) is 54.6 Å². The van der Waals surface area contributed by atoms with E-state index >= 15 is 0 Å². The van der Waals surface area contributed by atoms with Gasteiger partial charge in [-0.15, -0.1) is 42.1 Å². The predicted molar refractivity (Wildman–Crippen MR) is 155 cm³/mol. The molecule has 0 aliphatic rings. The number of aliphatic imine (C=N–C) groups is 1. The van der Waals surface area contributed by atoms with Crippen molar-refractivity contribution in [2.45, 2.75) is 0 Å². The minimum atomic E-state index is -0.348. The van der Waals surface area contributed by atoms with Gasteiger partial charge in [-0.1, -0.05) is 48.5 Å². The fourth-order valence-corrected chi connectivity index (χ4v) is 3.77.